The first-order valence-corrected chi connectivity index (χ1v) is 9.56. The second-order valence-corrected chi connectivity index (χ2v) is 7.96. The average Bonchev–Trinajstić information content (AvgIpc) is 2.56. The Bertz CT molecular complexity index is 757. The summed E-state index contributed by atoms with van der Waals surface area (Å²) in [6.45, 7) is 2.27. The molecular formula is C17H19ClN2O2S. The lowest BCUT2D eigenvalue weighted by Gasteiger charge is -2.35. The molecule has 0 spiro atoms. The molecule has 1 aliphatic heterocycles. The normalized spacial score (nSPS) is 16.5. The highest BCUT2D eigenvalue weighted by Crippen LogP contribution is 2.26. The number of rotatable bonds is 4. The topological polar surface area (TPSA) is 40.6 Å². The Kier molecular flexibility index (Phi) is 4.90. The van der Waals surface area contributed by atoms with Gasteiger partial charge in [0.25, 0.3) is 0 Å². The number of sulfonamides is 1. The fourth-order valence-corrected chi connectivity index (χ4v) is 4.56. The van der Waals surface area contributed by atoms with Crippen molar-refractivity contribution in [1.29, 1.82) is 0 Å². The molecule has 0 aromatic heterocycles. The van der Waals surface area contributed by atoms with E-state index in [0.29, 0.717) is 31.2 Å². The van der Waals surface area contributed by atoms with Crippen molar-refractivity contribution in [3.63, 3.8) is 0 Å². The minimum absolute atomic E-state index is 0.0555. The second-order valence-electron chi connectivity index (χ2n) is 5.58. The monoisotopic (exact) mass is 350 g/mol. The highest BCUT2D eigenvalue weighted by molar-refractivity contribution is 7.88. The summed E-state index contributed by atoms with van der Waals surface area (Å²) in [5.74, 6) is 0.0555. The van der Waals surface area contributed by atoms with Crippen molar-refractivity contribution < 1.29 is 8.42 Å². The van der Waals surface area contributed by atoms with Crippen LogP contribution in [0.4, 0.5) is 5.69 Å². The number of hydrogen-bond acceptors (Lipinski definition) is 3. The van der Waals surface area contributed by atoms with Crippen LogP contribution >= 0.6 is 11.6 Å². The van der Waals surface area contributed by atoms with Crippen molar-refractivity contribution in [1.82, 2.24) is 4.31 Å². The third-order valence-corrected chi connectivity index (χ3v) is 6.19. The third kappa shape index (κ3) is 3.86. The number of halogens is 1. The molecule has 1 saturated heterocycles. The van der Waals surface area contributed by atoms with Crippen LogP contribution in [0.5, 0.6) is 0 Å². The lowest BCUT2D eigenvalue weighted by atomic mass is 10.2. The van der Waals surface area contributed by atoms with Crippen molar-refractivity contribution in [2.24, 2.45) is 0 Å². The zero-order valence-electron chi connectivity index (χ0n) is 12.7. The van der Waals surface area contributed by atoms with Gasteiger partial charge in [-0.15, -0.1) is 0 Å². The van der Waals surface area contributed by atoms with Gasteiger partial charge < -0.3 is 4.90 Å². The molecule has 23 heavy (non-hydrogen) atoms. The summed E-state index contributed by atoms with van der Waals surface area (Å²) in [4.78, 5) is 2.14. The number of hydrogen-bond donors (Lipinski definition) is 0. The molecule has 0 bridgehead atoms. The smallest absolute Gasteiger partial charge is 0.218 e. The van der Waals surface area contributed by atoms with E-state index >= 15 is 0 Å². The van der Waals surface area contributed by atoms with E-state index in [2.05, 4.69) is 4.90 Å². The quantitative estimate of drug-likeness (QED) is 0.851. The fourth-order valence-electron chi connectivity index (χ4n) is 2.79. The van der Waals surface area contributed by atoms with Gasteiger partial charge in [0, 0.05) is 26.2 Å². The molecule has 0 unspecified atom stereocenters. The number of piperazine rings is 1. The fraction of sp³-hybridized carbons (Fsp3) is 0.294. The largest absolute Gasteiger partial charge is 0.368 e. The van der Waals surface area contributed by atoms with Crippen molar-refractivity contribution in [2.75, 3.05) is 31.1 Å². The Morgan fingerprint density at radius 1 is 0.870 bits per heavy atom. The van der Waals surface area contributed by atoms with Crippen LogP contribution in [0.1, 0.15) is 5.56 Å². The van der Waals surface area contributed by atoms with E-state index in [-0.39, 0.29) is 5.75 Å². The van der Waals surface area contributed by atoms with E-state index in [0.717, 1.165) is 11.3 Å². The molecule has 2 aromatic carbocycles. The van der Waals surface area contributed by atoms with Crippen molar-refractivity contribution in [3.05, 3.63) is 65.2 Å². The van der Waals surface area contributed by atoms with Gasteiger partial charge in [0.2, 0.25) is 10.0 Å². The molecule has 0 saturated carbocycles. The zero-order chi connectivity index (χ0) is 16.3. The van der Waals surface area contributed by atoms with E-state index < -0.39 is 10.0 Å². The van der Waals surface area contributed by atoms with Gasteiger partial charge in [0.15, 0.2) is 0 Å². The first-order chi connectivity index (χ1) is 11.1. The molecule has 1 aliphatic rings. The van der Waals surface area contributed by atoms with Crippen molar-refractivity contribution >= 4 is 27.3 Å². The lowest BCUT2D eigenvalue weighted by molar-refractivity contribution is 0.384. The van der Waals surface area contributed by atoms with Crippen molar-refractivity contribution in [3.8, 4) is 0 Å². The van der Waals surface area contributed by atoms with E-state index in [1.54, 1.807) is 4.31 Å². The molecule has 1 fully saturated rings. The Morgan fingerprint density at radius 3 is 2.13 bits per heavy atom. The molecular weight excluding hydrogens is 332 g/mol. The molecule has 2 aromatic rings. The molecule has 0 amide bonds. The maximum atomic E-state index is 12.5. The van der Waals surface area contributed by atoms with Gasteiger partial charge in [-0.1, -0.05) is 54.1 Å². The van der Waals surface area contributed by atoms with Crippen LogP contribution in [0.2, 0.25) is 5.02 Å². The van der Waals surface area contributed by atoms with Gasteiger partial charge in [0.05, 0.1) is 16.5 Å². The molecule has 6 heteroatoms. The number of para-hydroxylation sites is 1. The minimum atomic E-state index is -3.28. The van der Waals surface area contributed by atoms with Gasteiger partial charge in [0.1, 0.15) is 0 Å². The van der Waals surface area contributed by atoms with Gasteiger partial charge in [-0.25, -0.2) is 8.42 Å². The summed E-state index contributed by atoms with van der Waals surface area (Å²) in [5, 5.41) is 0.702. The highest BCUT2D eigenvalue weighted by atomic mass is 35.5. The van der Waals surface area contributed by atoms with Crippen LogP contribution in [0.15, 0.2) is 54.6 Å². The number of benzene rings is 2. The molecule has 3 rings (SSSR count). The molecule has 0 aliphatic carbocycles. The van der Waals surface area contributed by atoms with E-state index in [1.165, 1.54) is 0 Å². The van der Waals surface area contributed by atoms with Gasteiger partial charge in [-0.05, 0) is 17.7 Å². The van der Waals surface area contributed by atoms with Gasteiger partial charge in [-0.2, -0.15) is 4.31 Å². The standard InChI is InChI=1S/C17H19ClN2O2S/c18-16-8-4-5-9-17(16)19-10-12-20(13-11-19)23(21,22)14-15-6-2-1-3-7-15/h1-9H,10-14H2. The summed E-state index contributed by atoms with van der Waals surface area (Å²) in [7, 11) is -3.28. The first-order valence-electron chi connectivity index (χ1n) is 7.57. The first kappa shape index (κ1) is 16.3. The SMILES string of the molecule is O=S(=O)(Cc1ccccc1)N1CCN(c2ccccc2Cl)CC1. The predicted molar refractivity (Wildman–Crippen MR) is 94.3 cm³/mol. The van der Waals surface area contributed by atoms with E-state index in [4.69, 9.17) is 11.6 Å². The number of nitrogens with zero attached hydrogens (tertiary/aromatic N) is 2. The average molecular weight is 351 g/mol. The predicted octanol–water partition coefficient (Wildman–Crippen LogP) is 2.99. The maximum absolute atomic E-state index is 12.5. The molecule has 0 atom stereocenters. The summed E-state index contributed by atoms with van der Waals surface area (Å²) in [6, 6.07) is 17.0. The molecule has 122 valence electrons. The van der Waals surface area contributed by atoms with E-state index in [1.807, 2.05) is 54.6 Å². The van der Waals surface area contributed by atoms with Crippen LogP contribution in [-0.4, -0.2) is 38.9 Å². The van der Waals surface area contributed by atoms with Crippen LogP contribution in [0.3, 0.4) is 0 Å². The molecule has 0 N–H and O–H groups in total. The maximum Gasteiger partial charge on any atom is 0.218 e. The molecule has 1 heterocycles. The Morgan fingerprint density at radius 2 is 1.48 bits per heavy atom. The summed E-state index contributed by atoms with van der Waals surface area (Å²) >= 11 is 6.22. The summed E-state index contributed by atoms with van der Waals surface area (Å²) < 4.78 is 26.7. The summed E-state index contributed by atoms with van der Waals surface area (Å²) in [6.07, 6.45) is 0. The highest BCUT2D eigenvalue weighted by Gasteiger charge is 2.27. The van der Waals surface area contributed by atoms with Gasteiger partial charge >= 0.3 is 0 Å². The number of anilines is 1. The second kappa shape index (κ2) is 6.91. The molecule has 4 nitrogen and oxygen atoms in total. The molecule has 0 radical (unpaired) electrons. The lowest BCUT2D eigenvalue weighted by Crippen LogP contribution is -2.49. The van der Waals surface area contributed by atoms with Crippen LogP contribution in [0, 0.1) is 0 Å². The summed E-state index contributed by atoms with van der Waals surface area (Å²) in [5.41, 5.74) is 1.79. The van der Waals surface area contributed by atoms with Crippen LogP contribution in [-0.2, 0) is 15.8 Å². The Labute approximate surface area is 142 Å². The third-order valence-electron chi connectivity index (χ3n) is 4.02. The van der Waals surface area contributed by atoms with E-state index in [9.17, 15) is 8.42 Å². The zero-order valence-corrected chi connectivity index (χ0v) is 14.3. The Balaban J connectivity index is 1.65. The Hall–Kier alpha value is -1.56. The van der Waals surface area contributed by atoms with Crippen LogP contribution < -0.4 is 4.90 Å². The van der Waals surface area contributed by atoms with Crippen molar-refractivity contribution in [2.45, 2.75) is 5.75 Å². The minimum Gasteiger partial charge on any atom is -0.368 e. The van der Waals surface area contributed by atoms with Crippen LogP contribution in [0.25, 0.3) is 0 Å². The van der Waals surface area contributed by atoms with Gasteiger partial charge in [-0.3, -0.25) is 0 Å².